The summed E-state index contributed by atoms with van der Waals surface area (Å²) in [6, 6.07) is 1.71. The molecule has 0 heterocycles. The number of nitriles is 1. The van der Waals surface area contributed by atoms with Crippen LogP contribution in [0.2, 0.25) is 0 Å². The quantitative estimate of drug-likeness (QED) is 0.498. The number of alkyl carbamates (subject to hydrolysis) is 1. The largest absolute Gasteiger partial charge is 0.448 e. The van der Waals surface area contributed by atoms with Crippen LogP contribution in [-0.4, -0.2) is 37.6 Å². The maximum atomic E-state index is 10.8. The van der Waals surface area contributed by atoms with Gasteiger partial charge in [0.2, 0.25) is 5.91 Å². The average molecular weight is 234 g/mol. The van der Waals surface area contributed by atoms with E-state index in [1.54, 1.807) is 6.07 Å². The van der Waals surface area contributed by atoms with Crippen molar-refractivity contribution in [2.24, 2.45) is 0 Å². The first kappa shape index (κ1) is 13.5. The second-order valence-corrected chi connectivity index (χ2v) is 2.81. The van der Waals surface area contributed by atoms with E-state index in [2.05, 4.69) is 15.4 Å². The second kappa shape index (κ2) is 9.09. The van der Waals surface area contributed by atoms with Gasteiger partial charge in [-0.15, -0.1) is 11.6 Å². The molecule has 0 fully saturated rings. The van der Waals surface area contributed by atoms with Gasteiger partial charge >= 0.3 is 6.09 Å². The zero-order valence-electron chi connectivity index (χ0n) is 8.09. The lowest BCUT2D eigenvalue weighted by Gasteiger charge is -2.05. The lowest BCUT2D eigenvalue weighted by molar-refractivity contribution is -0.120. The number of halogens is 1. The molecule has 0 unspecified atom stereocenters. The lowest BCUT2D eigenvalue weighted by atomic mass is 10.4. The summed E-state index contributed by atoms with van der Waals surface area (Å²) in [7, 11) is 0. The maximum Gasteiger partial charge on any atom is 0.407 e. The van der Waals surface area contributed by atoms with Crippen molar-refractivity contribution >= 4 is 23.6 Å². The van der Waals surface area contributed by atoms with Crippen LogP contribution in [0.25, 0.3) is 0 Å². The van der Waals surface area contributed by atoms with Gasteiger partial charge < -0.3 is 15.4 Å². The van der Waals surface area contributed by atoms with Crippen LogP contribution in [0, 0.1) is 11.3 Å². The number of amides is 2. The summed E-state index contributed by atoms with van der Waals surface area (Å²) in [4.78, 5) is 21.6. The highest BCUT2D eigenvalue weighted by atomic mass is 35.5. The van der Waals surface area contributed by atoms with Gasteiger partial charge in [0.1, 0.15) is 13.0 Å². The molecule has 15 heavy (non-hydrogen) atoms. The highest BCUT2D eigenvalue weighted by molar-refractivity contribution is 6.18. The van der Waals surface area contributed by atoms with E-state index in [1.807, 2.05) is 0 Å². The first-order chi connectivity index (χ1) is 7.20. The number of carbonyl (C=O) groups excluding carboxylic acids is 2. The summed E-state index contributed by atoms with van der Waals surface area (Å²) in [6.07, 6.45) is -0.762. The molecule has 2 amide bonds. The van der Waals surface area contributed by atoms with Crippen molar-refractivity contribution in [1.82, 2.24) is 10.6 Å². The van der Waals surface area contributed by atoms with Crippen LogP contribution in [0.1, 0.15) is 6.42 Å². The van der Waals surface area contributed by atoms with Crippen molar-refractivity contribution in [2.45, 2.75) is 6.42 Å². The molecule has 0 aromatic rings. The van der Waals surface area contributed by atoms with Gasteiger partial charge in [-0.2, -0.15) is 5.26 Å². The van der Waals surface area contributed by atoms with Crippen LogP contribution in [0.3, 0.4) is 0 Å². The first-order valence-corrected chi connectivity index (χ1v) is 4.84. The average Bonchev–Trinajstić information content (AvgIpc) is 2.22. The van der Waals surface area contributed by atoms with E-state index in [9.17, 15) is 9.59 Å². The lowest BCUT2D eigenvalue weighted by Crippen LogP contribution is -2.34. The predicted molar refractivity (Wildman–Crippen MR) is 53.3 cm³/mol. The number of ether oxygens (including phenoxy) is 1. The molecule has 0 saturated heterocycles. The minimum Gasteiger partial charge on any atom is -0.448 e. The summed E-state index contributed by atoms with van der Waals surface area (Å²) in [6.45, 7) is 0.656. The predicted octanol–water partition coefficient (Wildman–Crippen LogP) is -0.0187. The Morgan fingerprint density at radius 2 is 2.00 bits per heavy atom. The zero-order chi connectivity index (χ0) is 11.5. The molecular weight excluding hydrogens is 222 g/mol. The Balaban J connectivity index is 3.35. The van der Waals surface area contributed by atoms with E-state index in [0.29, 0.717) is 0 Å². The molecule has 0 bridgehead atoms. The van der Waals surface area contributed by atoms with Gasteiger partial charge in [0, 0.05) is 13.1 Å². The van der Waals surface area contributed by atoms with Gasteiger partial charge in [0.05, 0.1) is 11.9 Å². The van der Waals surface area contributed by atoms with Gasteiger partial charge in [-0.1, -0.05) is 0 Å². The van der Waals surface area contributed by atoms with Gasteiger partial charge in [0.15, 0.2) is 0 Å². The van der Waals surface area contributed by atoms with Crippen molar-refractivity contribution in [1.29, 1.82) is 5.26 Å². The SMILES string of the molecule is N#CCC(=O)NCCNC(=O)OCCCl. The molecular formula is C8H12ClN3O3. The fraction of sp³-hybridized carbons (Fsp3) is 0.625. The molecule has 0 aliphatic carbocycles. The molecule has 2 N–H and O–H groups in total. The fourth-order valence-electron chi connectivity index (χ4n) is 0.683. The molecule has 84 valence electrons. The Hall–Kier alpha value is -1.48. The van der Waals surface area contributed by atoms with Gasteiger partial charge in [0.25, 0.3) is 0 Å². The number of nitrogens with one attached hydrogen (secondary N) is 2. The van der Waals surface area contributed by atoms with Gasteiger partial charge in [-0.3, -0.25) is 4.79 Å². The standard InChI is InChI=1S/C8H12ClN3O3/c9-2-6-15-8(14)12-5-4-11-7(13)1-3-10/h1-2,4-6H2,(H,11,13)(H,12,14). The van der Waals surface area contributed by atoms with Crippen molar-refractivity contribution in [3.63, 3.8) is 0 Å². The summed E-state index contributed by atoms with van der Waals surface area (Å²) < 4.78 is 4.60. The molecule has 6 nitrogen and oxygen atoms in total. The number of alkyl halides is 1. The van der Waals surface area contributed by atoms with Crippen molar-refractivity contribution in [2.75, 3.05) is 25.6 Å². The highest BCUT2D eigenvalue weighted by Gasteiger charge is 2.01. The number of carbonyl (C=O) groups is 2. The van der Waals surface area contributed by atoms with Gasteiger partial charge in [-0.05, 0) is 0 Å². The van der Waals surface area contributed by atoms with Crippen LogP contribution in [0.5, 0.6) is 0 Å². The van der Waals surface area contributed by atoms with Crippen LogP contribution in [-0.2, 0) is 9.53 Å². The normalized spacial score (nSPS) is 8.80. The van der Waals surface area contributed by atoms with E-state index < -0.39 is 6.09 Å². The minimum atomic E-state index is -0.579. The third-order valence-corrected chi connectivity index (χ3v) is 1.42. The number of hydrogen-bond acceptors (Lipinski definition) is 4. The number of nitrogens with zero attached hydrogens (tertiary/aromatic N) is 1. The second-order valence-electron chi connectivity index (χ2n) is 2.44. The molecule has 0 radical (unpaired) electrons. The molecule has 0 aromatic carbocycles. The number of rotatable bonds is 6. The topological polar surface area (TPSA) is 91.2 Å². The Kier molecular flexibility index (Phi) is 8.19. The molecule has 0 aromatic heterocycles. The van der Waals surface area contributed by atoms with E-state index in [1.165, 1.54) is 0 Å². The number of hydrogen-bond donors (Lipinski definition) is 2. The van der Waals surface area contributed by atoms with E-state index in [-0.39, 0.29) is 37.9 Å². The molecule has 7 heteroatoms. The smallest absolute Gasteiger partial charge is 0.407 e. The highest BCUT2D eigenvalue weighted by Crippen LogP contribution is 1.80. The summed E-state index contributed by atoms with van der Waals surface area (Å²) in [5.41, 5.74) is 0. The van der Waals surface area contributed by atoms with Crippen molar-refractivity contribution < 1.29 is 14.3 Å². The molecule has 0 atom stereocenters. The van der Waals surface area contributed by atoms with Gasteiger partial charge in [-0.25, -0.2) is 4.79 Å². The van der Waals surface area contributed by atoms with Crippen LogP contribution >= 0.6 is 11.6 Å². The zero-order valence-corrected chi connectivity index (χ0v) is 8.84. The monoisotopic (exact) mass is 233 g/mol. The first-order valence-electron chi connectivity index (χ1n) is 4.31. The third kappa shape index (κ3) is 8.84. The van der Waals surface area contributed by atoms with Crippen LogP contribution < -0.4 is 10.6 Å². The Morgan fingerprint density at radius 1 is 1.33 bits per heavy atom. The Labute approximate surface area is 92.5 Å². The van der Waals surface area contributed by atoms with E-state index >= 15 is 0 Å². The molecule has 0 aliphatic heterocycles. The van der Waals surface area contributed by atoms with Crippen molar-refractivity contribution in [3.05, 3.63) is 0 Å². The maximum absolute atomic E-state index is 10.8. The molecule has 0 spiro atoms. The summed E-state index contributed by atoms with van der Waals surface area (Å²) >= 11 is 5.29. The molecule has 0 rings (SSSR count). The Bertz CT molecular complexity index is 252. The van der Waals surface area contributed by atoms with E-state index in [0.717, 1.165) is 0 Å². The summed E-state index contributed by atoms with van der Waals surface area (Å²) in [5.74, 6) is -0.125. The summed E-state index contributed by atoms with van der Waals surface area (Å²) in [5, 5.41) is 13.0. The Morgan fingerprint density at radius 3 is 2.60 bits per heavy atom. The minimum absolute atomic E-state index is 0.147. The van der Waals surface area contributed by atoms with Crippen molar-refractivity contribution in [3.8, 4) is 6.07 Å². The molecule has 0 aliphatic rings. The van der Waals surface area contributed by atoms with Crippen LogP contribution in [0.15, 0.2) is 0 Å². The van der Waals surface area contributed by atoms with E-state index in [4.69, 9.17) is 16.9 Å². The molecule has 0 saturated carbocycles. The fourth-order valence-corrected chi connectivity index (χ4v) is 0.760. The third-order valence-electron chi connectivity index (χ3n) is 1.27. The van der Waals surface area contributed by atoms with Crippen LogP contribution in [0.4, 0.5) is 4.79 Å².